The lowest BCUT2D eigenvalue weighted by molar-refractivity contribution is 0.282. The van der Waals surface area contributed by atoms with Crippen LogP contribution in [0.3, 0.4) is 0 Å². The normalized spacial score (nSPS) is 10.3. The molecule has 1 N–H and O–H groups in total. The molecular formula is C14H15NO2. The van der Waals surface area contributed by atoms with Crippen LogP contribution in [0.5, 0.6) is 5.75 Å². The maximum absolute atomic E-state index is 9.07. The molecule has 0 aliphatic carbocycles. The number of pyridine rings is 1. The van der Waals surface area contributed by atoms with E-state index in [1.807, 2.05) is 37.4 Å². The molecular weight excluding hydrogens is 214 g/mol. The van der Waals surface area contributed by atoms with E-state index in [2.05, 4.69) is 4.98 Å². The van der Waals surface area contributed by atoms with E-state index < -0.39 is 0 Å². The van der Waals surface area contributed by atoms with Gasteiger partial charge in [0.15, 0.2) is 0 Å². The van der Waals surface area contributed by atoms with Crippen LogP contribution in [0.15, 0.2) is 36.7 Å². The smallest absolute Gasteiger partial charge is 0.137 e. The third kappa shape index (κ3) is 2.45. The summed E-state index contributed by atoms with van der Waals surface area (Å²) in [6.45, 7) is 2.09. The molecule has 0 bridgehead atoms. The number of aliphatic hydroxyl groups excluding tert-OH is 1. The first kappa shape index (κ1) is 11.6. The Kier molecular flexibility index (Phi) is 3.40. The molecule has 0 radical (unpaired) electrons. The van der Waals surface area contributed by atoms with Crippen molar-refractivity contribution in [3.63, 3.8) is 0 Å². The van der Waals surface area contributed by atoms with Gasteiger partial charge in [0.25, 0.3) is 0 Å². The average Bonchev–Trinajstić information content (AvgIpc) is 2.38. The highest BCUT2D eigenvalue weighted by Crippen LogP contribution is 2.26. The Morgan fingerprint density at radius 2 is 2.06 bits per heavy atom. The van der Waals surface area contributed by atoms with E-state index in [9.17, 15) is 0 Å². The van der Waals surface area contributed by atoms with E-state index in [0.29, 0.717) is 0 Å². The second-order valence-corrected chi connectivity index (χ2v) is 3.92. The fraction of sp³-hybridized carbons (Fsp3) is 0.214. The average molecular weight is 229 g/mol. The number of benzene rings is 1. The highest BCUT2D eigenvalue weighted by atomic mass is 16.5. The number of aliphatic hydroxyl groups is 1. The molecule has 0 fully saturated rings. The second-order valence-electron chi connectivity index (χ2n) is 3.92. The Morgan fingerprint density at radius 3 is 2.71 bits per heavy atom. The van der Waals surface area contributed by atoms with Gasteiger partial charge in [-0.05, 0) is 29.7 Å². The third-order valence-electron chi connectivity index (χ3n) is 2.73. The van der Waals surface area contributed by atoms with Crippen LogP contribution in [-0.2, 0) is 6.61 Å². The molecule has 17 heavy (non-hydrogen) atoms. The van der Waals surface area contributed by atoms with Crippen LogP contribution < -0.4 is 4.74 Å². The Balaban J connectivity index is 2.45. The molecule has 2 rings (SSSR count). The molecule has 0 unspecified atom stereocenters. The Hall–Kier alpha value is -1.87. The van der Waals surface area contributed by atoms with E-state index in [1.165, 1.54) is 0 Å². The lowest BCUT2D eigenvalue weighted by atomic mass is 10.00. The summed E-state index contributed by atoms with van der Waals surface area (Å²) in [7, 11) is 1.63. The number of ether oxygens (including phenoxy) is 1. The summed E-state index contributed by atoms with van der Waals surface area (Å²) in [6, 6.07) is 7.85. The number of methoxy groups -OCH3 is 1. The highest BCUT2D eigenvalue weighted by Gasteiger charge is 2.04. The predicted molar refractivity (Wildman–Crippen MR) is 66.9 cm³/mol. The molecule has 0 amide bonds. The van der Waals surface area contributed by atoms with Crippen LogP contribution in [0.25, 0.3) is 11.1 Å². The zero-order valence-electron chi connectivity index (χ0n) is 9.97. The fourth-order valence-electron chi connectivity index (χ4n) is 1.83. The van der Waals surface area contributed by atoms with Crippen molar-refractivity contribution in [1.82, 2.24) is 4.98 Å². The first-order valence-corrected chi connectivity index (χ1v) is 5.44. The molecule has 0 atom stereocenters. The standard InChI is InChI=1S/C14H15NO2/c1-10-5-11(9-16)3-4-14(10)12-6-13(17-2)8-15-7-12/h3-8,16H,9H2,1-2H3. The monoisotopic (exact) mass is 229 g/mol. The molecule has 0 aliphatic rings. The van der Waals surface area contributed by atoms with Gasteiger partial charge in [-0.15, -0.1) is 0 Å². The van der Waals surface area contributed by atoms with Gasteiger partial charge < -0.3 is 9.84 Å². The van der Waals surface area contributed by atoms with Crippen molar-refractivity contribution < 1.29 is 9.84 Å². The van der Waals surface area contributed by atoms with Crippen molar-refractivity contribution in [2.75, 3.05) is 7.11 Å². The van der Waals surface area contributed by atoms with Gasteiger partial charge in [-0.2, -0.15) is 0 Å². The molecule has 0 saturated carbocycles. The number of aromatic nitrogens is 1. The van der Waals surface area contributed by atoms with Crippen molar-refractivity contribution >= 4 is 0 Å². The van der Waals surface area contributed by atoms with Gasteiger partial charge >= 0.3 is 0 Å². The third-order valence-corrected chi connectivity index (χ3v) is 2.73. The first-order valence-electron chi connectivity index (χ1n) is 5.44. The molecule has 3 heteroatoms. The van der Waals surface area contributed by atoms with Gasteiger partial charge in [-0.3, -0.25) is 4.98 Å². The molecule has 0 spiro atoms. The lowest BCUT2D eigenvalue weighted by Gasteiger charge is -2.08. The Bertz CT molecular complexity index is 523. The Morgan fingerprint density at radius 1 is 1.24 bits per heavy atom. The summed E-state index contributed by atoms with van der Waals surface area (Å²) in [5.41, 5.74) is 4.16. The van der Waals surface area contributed by atoms with Gasteiger partial charge in [0.1, 0.15) is 5.75 Å². The molecule has 1 aromatic carbocycles. The van der Waals surface area contributed by atoms with Gasteiger partial charge in [0.2, 0.25) is 0 Å². The van der Waals surface area contributed by atoms with Gasteiger partial charge in [-0.25, -0.2) is 0 Å². The topological polar surface area (TPSA) is 42.4 Å². The number of hydrogen-bond donors (Lipinski definition) is 1. The number of aryl methyl sites for hydroxylation is 1. The van der Waals surface area contributed by atoms with Crippen molar-refractivity contribution in [2.24, 2.45) is 0 Å². The molecule has 0 aliphatic heterocycles. The van der Waals surface area contributed by atoms with Crippen LogP contribution in [0.1, 0.15) is 11.1 Å². The van der Waals surface area contributed by atoms with Crippen LogP contribution >= 0.6 is 0 Å². The van der Waals surface area contributed by atoms with Crippen molar-refractivity contribution in [2.45, 2.75) is 13.5 Å². The number of rotatable bonds is 3. The van der Waals surface area contributed by atoms with Gasteiger partial charge in [0.05, 0.1) is 19.9 Å². The maximum atomic E-state index is 9.07. The molecule has 1 heterocycles. The van der Waals surface area contributed by atoms with Crippen molar-refractivity contribution in [1.29, 1.82) is 0 Å². The largest absolute Gasteiger partial charge is 0.495 e. The summed E-state index contributed by atoms with van der Waals surface area (Å²) in [4.78, 5) is 4.14. The fourth-order valence-corrected chi connectivity index (χ4v) is 1.83. The van der Waals surface area contributed by atoms with Crippen LogP contribution in [0.4, 0.5) is 0 Å². The Labute approximate surface area is 101 Å². The highest BCUT2D eigenvalue weighted by molar-refractivity contribution is 5.67. The molecule has 2 aromatic rings. The summed E-state index contributed by atoms with van der Waals surface area (Å²) in [5.74, 6) is 0.744. The minimum atomic E-state index is 0.0669. The maximum Gasteiger partial charge on any atom is 0.137 e. The van der Waals surface area contributed by atoms with Gasteiger partial charge in [-0.1, -0.05) is 18.2 Å². The number of nitrogens with zero attached hydrogens (tertiary/aromatic N) is 1. The SMILES string of the molecule is COc1cncc(-c2ccc(CO)cc2C)c1. The number of hydrogen-bond acceptors (Lipinski definition) is 3. The summed E-state index contributed by atoms with van der Waals surface area (Å²) >= 11 is 0. The molecule has 0 saturated heterocycles. The zero-order valence-corrected chi connectivity index (χ0v) is 9.97. The molecule has 3 nitrogen and oxygen atoms in total. The van der Waals surface area contributed by atoms with Crippen LogP contribution in [-0.4, -0.2) is 17.2 Å². The van der Waals surface area contributed by atoms with E-state index in [4.69, 9.17) is 9.84 Å². The zero-order chi connectivity index (χ0) is 12.3. The van der Waals surface area contributed by atoms with Gasteiger partial charge in [0, 0.05) is 11.8 Å². The second kappa shape index (κ2) is 4.97. The quantitative estimate of drug-likeness (QED) is 0.879. The summed E-state index contributed by atoms with van der Waals surface area (Å²) in [5, 5.41) is 9.07. The predicted octanol–water partition coefficient (Wildman–Crippen LogP) is 2.56. The first-order chi connectivity index (χ1) is 8.24. The van der Waals surface area contributed by atoms with E-state index in [0.717, 1.165) is 28.0 Å². The minimum Gasteiger partial charge on any atom is -0.495 e. The van der Waals surface area contributed by atoms with Crippen LogP contribution in [0.2, 0.25) is 0 Å². The van der Waals surface area contributed by atoms with Crippen LogP contribution in [0, 0.1) is 6.92 Å². The molecule has 88 valence electrons. The summed E-state index contributed by atoms with van der Waals surface area (Å²) < 4.78 is 5.16. The molecule has 1 aromatic heterocycles. The minimum absolute atomic E-state index is 0.0669. The van der Waals surface area contributed by atoms with E-state index >= 15 is 0 Å². The summed E-state index contributed by atoms with van der Waals surface area (Å²) in [6.07, 6.45) is 3.49. The lowest BCUT2D eigenvalue weighted by Crippen LogP contribution is -1.90. The van der Waals surface area contributed by atoms with E-state index in [-0.39, 0.29) is 6.61 Å². The van der Waals surface area contributed by atoms with Crippen molar-refractivity contribution in [3.8, 4) is 16.9 Å². The van der Waals surface area contributed by atoms with Crippen molar-refractivity contribution in [3.05, 3.63) is 47.8 Å². The van der Waals surface area contributed by atoms with E-state index in [1.54, 1.807) is 13.3 Å².